The molecule has 16 heteroatoms. The summed E-state index contributed by atoms with van der Waals surface area (Å²) in [6, 6.07) is 3.64. The fraction of sp³-hybridized carbons (Fsp3) is 0.805. The Balaban J connectivity index is 1.08. The summed E-state index contributed by atoms with van der Waals surface area (Å²) < 4.78 is 18.9. The number of alkyl carbamates (subject to hydrolysis) is 1. The standard InChI is InChI=1S/C41H63Cl2N5O9/c1-27-9-12-33-28(2)35(53-37-41(33)32(27)13-14-40(6,54-37)56-57-41)8-7-17-45-20-22-47(23-21-45)36(49)34(44-38(50)55-39(3,4)5)25-30-24-31(48(51)52)11-10-29(30)26-46(18-15-42)19-16-43/h10-11,24,27-28,32-35,37H,7-9,12-23,25-26H2,1-6H3,(H,44,50)/t27-,28-,32?,33+,34+,35-,37-,40?,41?/m1/s1. The van der Waals surface area contributed by atoms with Crippen LogP contribution in [-0.4, -0.2) is 125 Å². The summed E-state index contributed by atoms with van der Waals surface area (Å²) >= 11 is 12.1. The van der Waals surface area contributed by atoms with Gasteiger partial charge in [0.1, 0.15) is 11.6 Å². The summed E-state index contributed by atoms with van der Waals surface area (Å²) in [6.45, 7) is 16.6. The highest BCUT2D eigenvalue weighted by molar-refractivity contribution is 6.18. The Bertz CT molecular complexity index is 1570. The van der Waals surface area contributed by atoms with Gasteiger partial charge in [-0.25, -0.2) is 14.6 Å². The van der Waals surface area contributed by atoms with Gasteiger partial charge >= 0.3 is 6.09 Å². The lowest BCUT2D eigenvalue weighted by molar-refractivity contribution is -0.571. The lowest BCUT2D eigenvalue weighted by Crippen LogP contribution is -2.70. The highest BCUT2D eigenvalue weighted by Crippen LogP contribution is 2.60. The molecule has 1 N–H and O–H groups in total. The maximum Gasteiger partial charge on any atom is 0.408 e. The molecule has 6 fully saturated rings. The van der Waals surface area contributed by atoms with E-state index in [0.29, 0.717) is 86.8 Å². The van der Waals surface area contributed by atoms with E-state index < -0.39 is 40.3 Å². The van der Waals surface area contributed by atoms with E-state index in [0.717, 1.165) is 44.2 Å². The zero-order valence-electron chi connectivity index (χ0n) is 34.5. The number of rotatable bonds is 15. The molecule has 5 saturated heterocycles. The fourth-order valence-corrected chi connectivity index (χ4v) is 10.4. The maximum atomic E-state index is 14.3. The summed E-state index contributed by atoms with van der Waals surface area (Å²) in [6.07, 6.45) is 4.80. The van der Waals surface area contributed by atoms with Crippen LogP contribution in [0.5, 0.6) is 0 Å². The van der Waals surface area contributed by atoms with Crippen molar-refractivity contribution >= 4 is 40.9 Å². The van der Waals surface area contributed by atoms with Crippen molar-refractivity contribution in [3.63, 3.8) is 0 Å². The predicted octanol–water partition coefficient (Wildman–Crippen LogP) is 6.49. The number of hydrogen-bond acceptors (Lipinski definition) is 11. The quantitative estimate of drug-likeness (QED) is 0.0897. The minimum absolute atomic E-state index is 0.0458. The Morgan fingerprint density at radius 2 is 1.77 bits per heavy atom. The largest absolute Gasteiger partial charge is 0.444 e. The van der Waals surface area contributed by atoms with Crippen LogP contribution in [0.25, 0.3) is 0 Å². The molecule has 5 heterocycles. The molecule has 7 rings (SSSR count). The Morgan fingerprint density at radius 1 is 1.05 bits per heavy atom. The third-order valence-electron chi connectivity index (χ3n) is 13.0. The number of non-ortho nitro benzene ring substituents is 1. The second-order valence-electron chi connectivity index (χ2n) is 18.0. The average molecular weight is 841 g/mol. The third-order valence-corrected chi connectivity index (χ3v) is 13.3. The molecule has 1 aromatic rings. The molecule has 320 valence electrons. The smallest absolute Gasteiger partial charge is 0.408 e. The number of fused-ring (bicyclic) bond motifs is 2. The monoisotopic (exact) mass is 839 g/mol. The van der Waals surface area contributed by atoms with Crippen molar-refractivity contribution in [1.82, 2.24) is 20.0 Å². The first-order chi connectivity index (χ1) is 27.1. The van der Waals surface area contributed by atoms with Gasteiger partial charge in [0.2, 0.25) is 11.7 Å². The number of nitrogens with one attached hydrogen (secondary N) is 1. The molecule has 14 nitrogen and oxygen atoms in total. The Hall–Kier alpha value is -2.30. The van der Waals surface area contributed by atoms with Crippen molar-refractivity contribution in [2.24, 2.45) is 23.7 Å². The molecule has 1 saturated carbocycles. The summed E-state index contributed by atoms with van der Waals surface area (Å²) in [5.41, 5.74) is -0.0606. The molecule has 1 spiro atoms. The summed E-state index contributed by atoms with van der Waals surface area (Å²) in [4.78, 5) is 57.3. The molecule has 6 aliphatic rings. The molecular weight excluding hydrogens is 777 g/mol. The van der Waals surface area contributed by atoms with Gasteiger partial charge in [-0.1, -0.05) is 19.9 Å². The van der Waals surface area contributed by atoms with Gasteiger partial charge in [0.25, 0.3) is 5.69 Å². The van der Waals surface area contributed by atoms with Crippen molar-refractivity contribution < 1.29 is 38.5 Å². The second kappa shape index (κ2) is 18.5. The summed E-state index contributed by atoms with van der Waals surface area (Å²) in [5.74, 6) is 1.19. The molecule has 0 aromatic heterocycles. The normalized spacial score (nSPS) is 32.1. The van der Waals surface area contributed by atoms with Crippen molar-refractivity contribution in [3.05, 3.63) is 39.4 Å². The number of ether oxygens (including phenoxy) is 3. The second-order valence-corrected chi connectivity index (χ2v) is 18.8. The zero-order valence-corrected chi connectivity index (χ0v) is 36.0. The highest BCUT2D eigenvalue weighted by Gasteiger charge is 2.69. The first-order valence-electron chi connectivity index (χ1n) is 20.9. The molecule has 2 amide bonds. The number of halogens is 2. The molecule has 5 aliphatic heterocycles. The highest BCUT2D eigenvalue weighted by atomic mass is 35.5. The van der Waals surface area contributed by atoms with Crippen molar-refractivity contribution in [3.8, 4) is 0 Å². The van der Waals surface area contributed by atoms with E-state index >= 15 is 0 Å². The van der Waals surface area contributed by atoms with Gasteiger partial charge in [0.15, 0.2) is 11.9 Å². The van der Waals surface area contributed by atoms with E-state index in [2.05, 4.69) is 29.0 Å². The maximum absolute atomic E-state index is 14.3. The van der Waals surface area contributed by atoms with Gasteiger partial charge in [0.05, 0.1) is 11.0 Å². The Morgan fingerprint density at radius 3 is 2.44 bits per heavy atom. The zero-order chi connectivity index (χ0) is 41.1. The average Bonchev–Trinajstić information content (AvgIpc) is 3.38. The van der Waals surface area contributed by atoms with Crippen LogP contribution in [-0.2, 0) is 41.7 Å². The first-order valence-corrected chi connectivity index (χ1v) is 21.9. The van der Waals surface area contributed by atoms with Crippen molar-refractivity contribution in [2.75, 3.05) is 57.6 Å². The summed E-state index contributed by atoms with van der Waals surface area (Å²) in [5, 5.41) is 14.6. The van der Waals surface area contributed by atoms with Crippen LogP contribution in [0, 0.1) is 33.8 Å². The van der Waals surface area contributed by atoms with Crippen LogP contribution in [0.2, 0.25) is 0 Å². The molecule has 1 aliphatic carbocycles. The summed E-state index contributed by atoms with van der Waals surface area (Å²) in [7, 11) is 0. The molecule has 57 heavy (non-hydrogen) atoms. The van der Waals surface area contributed by atoms with Crippen molar-refractivity contribution in [2.45, 2.75) is 128 Å². The van der Waals surface area contributed by atoms with Crippen LogP contribution in [0.4, 0.5) is 10.5 Å². The van der Waals surface area contributed by atoms with Crippen LogP contribution >= 0.6 is 23.2 Å². The van der Waals surface area contributed by atoms with Crippen LogP contribution < -0.4 is 5.32 Å². The molecule has 0 radical (unpaired) electrons. The lowest BCUT2D eigenvalue weighted by atomic mass is 9.57. The first kappa shape index (κ1) is 44.3. The number of benzene rings is 1. The van der Waals surface area contributed by atoms with E-state index in [-0.39, 0.29) is 24.1 Å². The molecule has 1 aromatic carbocycles. The van der Waals surface area contributed by atoms with E-state index in [1.807, 2.05) is 6.92 Å². The Labute approximate surface area is 347 Å². The number of carbonyl (C=O) groups is 2. The van der Waals surface area contributed by atoms with Crippen LogP contribution in [0.1, 0.15) is 91.2 Å². The topological polar surface area (TPSA) is 145 Å². The number of nitro benzene ring substituents is 1. The van der Waals surface area contributed by atoms with Crippen LogP contribution in [0.3, 0.4) is 0 Å². The molecule has 3 unspecified atom stereocenters. The number of carbonyl (C=O) groups excluding carboxylic acids is 2. The van der Waals surface area contributed by atoms with Gasteiger partial charge in [-0.15, -0.1) is 23.2 Å². The van der Waals surface area contributed by atoms with Gasteiger partial charge in [-0.3, -0.25) is 24.7 Å². The van der Waals surface area contributed by atoms with Gasteiger partial charge < -0.3 is 24.4 Å². The van der Waals surface area contributed by atoms with E-state index in [1.165, 1.54) is 18.6 Å². The predicted molar refractivity (Wildman–Crippen MR) is 216 cm³/mol. The van der Waals surface area contributed by atoms with E-state index in [9.17, 15) is 19.7 Å². The fourth-order valence-electron chi connectivity index (χ4n) is 9.93. The van der Waals surface area contributed by atoms with Crippen LogP contribution in [0.15, 0.2) is 18.2 Å². The van der Waals surface area contributed by atoms with Gasteiger partial charge in [0, 0.05) is 88.5 Å². The third kappa shape index (κ3) is 10.2. The molecule has 2 bridgehead atoms. The number of hydrogen-bond donors (Lipinski definition) is 1. The lowest BCUT2D eigenvalue weighted by Gasteiger charge is -2.60. The van der Waals surface area contributed by atoms with Crippen molar-refractivity contribution in [1.29, 1.82) is 0 Å². The Kier molecular flexibility index (Phi) is 14.4. The van der Waals surface area contributed by atoms with E-state index in [4.69, 9.17) is 47.2 Å². The minimum Gasteiger partial charge on any atom is -0.444 e. The molecule has 9 atom stereocenters. The number of alkyl halides is 2. The molecular formula is C41H63Cl2N5O9. The SMILES string of the molecule is C[C@H]1[C@@H](CCCN2CCN(C(=O)[C@H](Cc3cc([N+](=O)[O-])ccc3CN(CCCl)CCCl)NC(=O)OC(C)(C)C)CC2)O[C@@H]2OC3(C)CCC4[C@H](C)CC[C@@H]1C42OO3. The number of nitro groups is 1. The van der Waals surface area contributed by atoms with Gasteiger partial charge in [-0.2, -0.15) is 0 Å². The number of piperazine rings is 1. The van der Waals surface area contributed by atoms with Gasteiger partial charge in [-0.05, 0) is 95.2 Å². The minimum atomic E-state index is -1.00. The number of nitrogens with zero attached hydrogens (tertiary/aromatic N) is 4. The van der Waals surface area contributed by atoms with E-state index in [1.54, 1.807) is 31.7 Å². The number of amides is 2.